The molecule has 240 valence electrons. The average molecular weight is 668 g/mol. The van der Waals surface area contributed by atoms with Gasteiger partial charge in [-0.25, -0.2) is 0 Å². The molecule has 19 heteroatoms. The fourth-order valence-corrected chi connectivity index (χ4v) is 4.75. The van der Waals surface area contributed by atoms with Gasteiger partial charge in [-0.3, -0.25) is 4.79 Å². The van der Waals surface area contributed by atoms with Gasteiger partial charge in [0, 0.05) is 6.54 Å². The van der Waals surface area contributed by atoms with Crippen molar-refractivity contribution in [1.29, 1.82) is 0 Å². The lowest BCUT2D eigenvalue weighted by Gasteiger charge is -2.48. The van der Waals surface area contributed by atoms with Crippen molar-refractivity contribution in [3.63, 3.8) is 0 Å². The number of halogens is 1. The predicted molar refractivity (Wildman–Crippen MR) is 132 cm³/mol. The highest BCUT2D eigenvalue weighted by atomic mass is 79.9. The Morgan fingerprint density at radius 3 is 1.59 bits per heavy atom. The topological polar surface area (TPSA) is 287 Å². The Labute approximate surface area is 242 Å². The van der Waals surface area contributed by atoms with E-state index in [0.717, 1.165) is 0 Å². The molecule has 0 bridgehead atoms. The number of carbonyl (C=O) groups excluding carboxylic acids is 1. The monoisotopic (exact) mass is 667 g/mol. The molecule has 0 aromatic carbocycles. The molecule has 3 aliphatic rings. The van der Waals surface area contributed by atoms with Crippen LogP contribution in [0.2, 0.25) is 0 Å². The Morgan fingerprint density at radius 2 is 1.07 bits per heavy atom. The summed E-state index contributed by atoms with van der Waals surface area (Å²) in [6, 6.07) is 0. The van der Waals surface area contributed by atoms with Crippen LogP contribution in [0.15, 0.2) is 0 Å². The van der Waals surface area contributed by atoms with E-state index in [9.17, 15) is 55.9 Å². The van der Waals surface area contributed by atoms with Crippen molar-refractivity contribution < 1.29 is 84.3 Å². The van der Waals surface area contributed by atoms with Crippen molar-refractivity contribution in [3.05, 3.63) is 0 Å². The van der Waals surface area contributed by atoms with Crippen LogP contribution in [-0.2, 0) is 33.2 Å². The predicted octanol–water partition coefficient (Wildman–Crippen LogP) is -7.04. The minimum Gasteiger partial charge on any atom is -0.394 e. The molecule has 11 N–H and O–H groups in total. The van der Waals surface area contributed by atoms with Crippen molar-refractivity contribution in [2.24, 2.45) is 0 Å². The lowest BCUT2D eigenvalue weighted by molar-refractivity contribution is -0.393. The molecule has 18 nitrogen and oxygen atoms in total. The third-order valence-electron chi connectivity index (χ3n) is 6.91. The lowest BCUT2D eigenvalue weighted by atomic mass is 9.96. The van der Waals surface area contributed by atoms with Crippen molar-refractivity contribution in [2.75, 3.05) is 38.3 Å². The second kappa shape index (κ2) is 15.9. The lowest BCUT2D eigenvalue weighted by Crippen LogP contribution is -2.67. The van der Waals surface area contributed by atoms with Crippen LogP contribution >= 0.6 is 15.9 Å². The van der Waals surface area contributed by atoms with Crippen LogP contribution in [0.25, 0.3) is 0 Å². The zero-order valence-corrected chi connectivity index (χ0v) is 23.2. The number of aliphatic hydroxyl groups is 10. The van der Waals surface area contributed by atoms with Crippen LogP contribution in [0.3, 0.4) is 0 Å². The van der Waals surface area contributed by atoms with Crippen molar-refractivity contribution in [3.8, 4) is 0 Å². The molecule has 3 saturated heterocycles. The first kappa shape index (κ1) is 34.8. The number of alkyl halides is 1. The van der Waals surface area contributed by atoms with E-state index in [-0.39, 0.29) is 24.4 Å². The minimum atomic E-state index is -1.91. The zero-order valence-electron chi connectivity index (χ0n) is 21.6. The van der Waals surface area contributed by atoms with E-state index in [1.54, 1.807) is 0 Å². The Hall–Kier alpha value is -0.690. The van der Waals surface area contributed by atoms with Crippen LogP contribution in [-0.4, -0.2) is 187 Å². The largest absolute Gasteiger partial charge is 0.394 e. The van der Waals surface area contributed by atoms with Crippen LogP contribution in [0.1, 0.15) is 0 Å². The van der Waals surface area contributed by atoms with E-state index >= 15 is 0 Å². The molecule has 0 unspecified atom stereocenters. The number of hydrogen-bond acceptors (Lipinski definition) is 17. The maximum Gasteiger partial charge on any atom is 0.230 e. The van der Waals surface area contributed by atoms with Gasteiger partial charge in [0.15, 0.2) is 18.9 Å². The summed E-state index contributed by atoms with van der Waals surface area (Å²) in [5, 5.41) is 104. The summed E-state index contributed by atoms with van der Waals surface area (Å²) in [7, 11) is 0. The van der Waals surface area contributed by atoms with Gasteiger partial charge in [-0.05, 0) is 0 Å². The van der Waals surface area contributed by atoms with E-state index in [0.29, 0.717) is 0 Å². The average Bonchev–Trinajstić information content (AvgIpc) is 2.97. The maximum absolute atomic E-state index is 11.5. The van der Waals surface area contributed by atoms with Gasteiger partial charge in [0.25, 0.3) is 0 Å². The molecular weight excluding hydrogens is 630 g/mol. The van der Waals surface area contributed by atoms with Gasteiger partial charge >= 0.3 is 0 Å². The van der Waals surface area contributed by atoms with Crippen molar-refractivity contribution >= 4 is 21.8 Å². The fraction of sp³-hybridized carbons (Fsp3) is 0.955. The molecule has 1 amide bonds. The molecule has 0 spiro atoms. The molecular formula is C22H38BrNO17. The van der Waals surface area contributed by atoms with E-state index in [1.807, 2.05) is 0 Å². The molecule has 3 fully saturated rings. The number of rotatable bonds is 12. The normalized spacial score (nSPS) is 45.4. The van der Waals surface area contributed by atoms with E-state index in [2.05, 4.69) is 21.2 Å². The molecule has 0 aromatic heterocycles. The first-order valence-electron chi connectivity index (χ1n) is 12.8. The molecule has 3 rings (SSSR count). The summed E-state index contributed by atoms with van der Waals surface area (Å²) in [5.41, 5.74) is 0. The van der Waals surface area contributed by atoms with Gasteiger partial charge in [-0.15, -0.1) is 0 Å². The molecule has 15 atom stereocenters. The van der Waals surface area contributed by atoms with E-state index in [4.69, 9.17) is 28.4 Å². The Balaban J connectivity index is 1.83. The van der Waals surface area contributed by atoms with Crippen LogP contribution in [0.5, 0.6) is 0 Å². The van der Waals surface area contributed by atoms with Gasteiger partial charge < -0.3 is 84.8 Å². The van der Waals surface area contributed by atoms with Gasteiger partial charge in [0.1, 0.15) is 73.2 Å². The van der Waals surface area contributed by atoms with Crippen LogP contribution < -0.4 is 5.32 Å². The molecule has 0 aromatic rings. The number of carbonyl (C=O) groups is 1. The summed E-state index contributed by atoms with van der Waals surface area (Å²) >= 11 is 2.99. The van der Waals surface area contributed by atoms with Crippen molar-refractivity contribution in [1.82, 2.24) is 5.32 Å². The highest BCUT2D eigenvalue weighted by Gasteiger charge is 2.54. The van der Waals surface area contributed by atoms with E-state index < -0.39 is 112 Å². The van der Waals surface area contributed by atoms with Gasteiger partial charge in [-0.1, -0.05) is 15.9 Å². The number of ether oxygens (including phenoxy) is 6. The van der Waals surface area contributed by atoms with Gasteiger partial charge in [0.2, 0.25) is 5.91 Å². The Kier molecular flexibility index (Phi) is 13.5. The minimum absolute atomic E-state index is 0.000278. The molecule has 41 heavy (non-hydrogen) atoms. The van der Waals surface area contributed by atoms with Gasteiger partial charge in [0.05, 0.1) is 31.8 Å². The summed E-state index contributed by atoms with van der Waals surface area (Å²) in [5.74, 6) is -0.346. The second-order valence-electron chi connectivity index (χ2n) is 9.67. The number of aliphatic hydroxyl groups excluding tert-OH is 10. The number of amides is 1. The second-order valence-corrected chi connectivity index (χ2v) is 10.2. The smallest absolute Gasteiger partial charge is 0.230 e. The summed E-state index contributed by atoms with van der Waals surface area (Å²) in [4.78, 5) is 11.5. The third-order valence-corrected chi connectivity index (χ3v) is 7.42. The first-order valence-corrected chi connectivity index (χ1v) is 13.9. The highest BCUT2D eigenvalue weighted by molar-refractivity contribution is 9.09. The molecule has 0 saturated carbocycles. The highest BCUT2D eigenvalue weighted by Crippen LogP contribution is 2.33. The Morgan fingerprint density at radius 1 is 0.634 bits per heavy atom. The van der Waals surface area contributed by atoms with E-state index in [1.165, 1.54) is 0 Å². The first-order chi connectivity index (χ1) is 19.5. The third kappa shape index (κ3) is 8.08. The molecule has 3 aliphatic heterocycles. The summed E-state index contributed by atoms with van der Waals surface area (Å²) in [6.07, 6.45) is -25.2. The van der Waals surface area contributed by atoms with Gasteiger partial charge in [-0.2, -0.15) is 0 Å². The quantitative estimate of drug-likeness (QED) is 0.0680. The van der Waals surface area contributed by atoms with Crippen LogP contribution in [0.4, 0.5) is 0 Å². The Bertz CT molecular complexity index is 814. The fourth-order valence-electron chi connectivity index (χ4n) is 4.55. The molecule has 3 heterocycles. The van der Waals surface area contributed by atoms with Crippen LogP contribution in [0, 0.1) is 0 Å². The zero-order chi connectivity index (χ0) is 30.4. The maximum atomic E-state index is 11.5. The SMILES string of the molecule is O=C(CBr)NCCO[C@H]1O[C@H](CO)[C@@H](O)[C@H](O)[C@@H]1O[C@@H]1O[C@H](CO)[C@@H](O)[C@H](O)[C@@H]1O[C@@H]1O[C@H](CO)[C@@H](O)[C@H](O)[C@@H]1O. The number of nitrogens with one attached hydrogen (secondary N) is 1. The summed E-state index contributed by atoms with van der Waals surface area (Å²) in [6.45, 7) is -2.49. The molecule has 0 radical (unpaired) electrons. The van der Waals surface area contributed by atoms with Crippen molar-refractivity contribution in [2.45, 2.75) is 92.1 Å². The standard InChI is InChI=1S/C22H38BrNO17/c23-3-10(28)24-1-2-36-21-18(15(33)12(30)8(5-26)38-21)41-22-19(16(34)13(31)9(6-27)39-22)40-20-17(35)14(32)11(29)7(4-25)37-20/h7-9,11-22,25-27,29-35H,1-6H2,(H,24,28)/t7-,8-,9-,11-,12-,13-,14+,15+,16+,17+,18+,19+,20+,21+,22+/m1/s1. The number of hydrogen-bond donors (Lipinski definition) is 11. The molecule has 0 aliphatic carbocycles. The summed E-state index contributed by atoms with van der Waals surface area (Å²) < 4.78 is 33.3.